The Morgan fingerprint density at radius 2 is 2.00 bits per heavy atom. The van der Waals surface area contributed by atoms with Crippen LogP contribution in [0.1, 0.15) is 5.69 Å². The molecule has 0 N–H and O–H groups in total. The molecule has 0 atom stereocenters. The molecule has 1 heterocycles. The Kier molecular flexibility index (Phi) is 4.14. The molecular formula is C7H4ClF3INO3S. The molecule has 0 bridgehead atoms. The van der Waals surface area contributed by atoms with E-state index < -0.39 is 26.1 Å². The van der Waals surface area contributed by atoms with Crippen LogP contribution in [0.2, 0.25) is 0 Å². The van der Waals surface area contributed by atoms with Crippen LogP contribution in [0.4, 0.5) is 13.2 Å². The number of hydrogen-bond donors (Lipinski definition) is 0. The van der Waals surface area contributed by atoms with Gasteiger partial charge in [0.1, 0.15) is 4.90 Å². The summed E-state index contributed by atoms with van der Waals surface area (Å²) in [5.41, 5.74) is -0.000996. The van der Waals surface area contributed by atoms with Crippen molar-refractivity contribution in [1.82, 2.24) is 4.98 Å². The Morgan fingerprint density at radius 1 is 1.47 bits per heavy atom. The zero-order valence-electron chi connectivity index (χ0n) is 8.05. The van der Waals surface area contributed by atoms with E-state index in [0.29, 0.717) is 0 Å². The van der Waals surface area contributed by atoms with E-state index in [1.807, 2.05) is 0 Å². The molecule has 10 heteroatoms. The maximum Gasteiger partial charge on any atom is 0.573 e. The van der Waals surface area contributed by atoms with Gasteiger partial charge in [-0.2, -0.15) is 0 Å². The maximum absolute atomic E-state index is 12.0. The maximum atomic E-state index is 12.0. The highest BCUT2D eigenvalue weighted by Crippen LogP contribution is 2.33. The first-order valence-electron chi connectivity index (χ1n) is 3.88. The van der Waals surface area contributed by atoms with Crippen LogP contribution in [0.3, 0.4) is 0 Å². The van der Waals surface area contributed by atoms with Crippen molar-refractivity contribution in [3.63, 3.8) is 0 Å². The molecule has 96 valence electrons. The summed E-state index contributed by atoms with van der Waals surface area (Å²) in [5.74, 6) is -0.706. The van der Waals surface area contributed by atoms with Gasteiger partial charge in [0.05, 0.1) is 15.5 Å². The normalized spacial score (nSPS) is 12.6. The van der Waals surface area contributed by atoms with Crippen LogP contribution in [0.15, 0.2) is 11.1 Å². The molecule has 4 nitrogen and oxygen atoms in total. The van der Waals surface area contributed by atoms with Gasteiger partial charge in [0.25, 0.3) is 9.05 Å². The third-order valence-electron chi connectivity index (χ3n) is 1.59. The predicted molar refractivity (Wildman–Crippen MR) is 61.4 cm³/mol. The highest BCUT2D eigenvalue weighted by Gasteiger charge is 2.33. The minimum atomic E-state index is -4.93. The lowest BCUT2D eigenvalue weighted by atomic mass is 10.4. The number of aryl methyl sites for hydroxylation is 1. The first kappa shape index (κ1) is 14.8. The molecule has 17 heavy (non-hydrogen) atoms. The SMILES string of the molecule is Cc1ncc(OC(F)(F)F)c(I)c1S(=O)(=O)Cl. The van der Waals surface area contributed by atoms with Gasteiger partial charge in [-0.05, 0) is 29.5 Å². The van der Waals surface area contributed by atoms with Crippen molar-refractivity contribution in [2.75, 3.05) is 0 Å². The van der Waals surface area contributed by atoms with E-state index in [1.54, 1.807) is 0 Å². The molecule has 1 rings (SSSR count). The van der Waals surface area contributed by atoms with Crippen molar-refractivity contribution in [2.24, 2.45) is 0 Å². The highest BCUT2D eigenvalue weighted by atomic mass is 127. The van der Waals surface area contributed by atoms with Gasteiger partial charge in [-0.1, -0.05) is 0 Å². The van der Waals surface area contributed by atoms with Gasteiger partial charge < -0.3 is 4.74 Å². The summed E-state index contributed by atoms with van der Waals surface area (Å²) in [6, 6.07) is 0. The van der Waals surface area contributed by atoms with Crippen LogP contribution in [0.25, 0.3) is 0 Å². The molecule has 0 unspecified atom stereocenters. The van der Waals surface area contributed by atoms with Gasteiger partial charge in [0.2, 0.25) is 0 Å². The lowest BCUT2D eigenvalue weighted by Gasteiger charge is -2.12. The number of ether oxygens (including phenoxy) is 1. The monoisotopic (exact) mass is 401 g/mol. The van der Waals surface area contributed by atoms with Gasteiger partial charge in [0, 0.05) is 10.7 Å². The van der Waals surface area contributed by atoms with Crippen LogP contribution < -0.4 is 4.74 Å². The lowest BCUT2D eigenvalue weighted by Crippen LogP contribution is -2.19. The van der Waals surface area contributed by atoms with Gasteiger partial charge in [-0.25, -0.2) is 8.42 Å². The molecule has 0 saturated carbocycles. The second kappa shape index (κ2) is 4.76. The van der Waals surface area contributed by atoms with Crippen LogP contribution in [0, 0.1) is 10.5 Å². The van der Waals surface area contributed by atoms with Crippen molar-refractivity contribution in [3.05, 3.63) is 15.5 Å². The van der Waals surface area contributed by atoms with Gasteiger partial charge in [0.15, 0.2) is 5.75 Å². The number of hydrogen-bond acceptors (Lipinski definition) is 4. The third kappa shape index (κ3) is 3.85. The number of nitrogens with zero attached hydrogens (tertiary/aromatic N) is 1. The van der Waals surface area contributed by atoms with Crippen molar-refractivity contribution in [2.45, 2.75) is 18.2 Å². The predicted octanol–water partition coefficient (Wildman–Crippen LogP) is 2.82. The van der Waals surface area contributed by atoms with Gasteiger partial charge in [-0.15, -0.1) is 13.2 Å². The van der Waals surface area contributed by atoms with Crippen LogP contribution in [-0.4, -0.2) is 19.8 Å². The summed E-state index contributed by atoms with van der Waals surface area (Å²) >= 11 is 1.40. The zero-order valence-corrected chi connectivity index (χ0v) is 11.8. The molecule has 1 aromatic rings. The minimum Gasteiger partial charge on any atom is -0.403 e. The number of rotatable bonds is 2. The zero-order chi connectivity index (χ0) is 13.4. The number of pyridine rings is 1. The average molecular weight is 402 g/mol. The van der Waals surface area contributed by atoms with Crippen molar-refractivity contribution in [1.29, 1.82) is 0 Å². The Morgan fingerprint density at radius 3 is 2.41 bits per heavy atom. The van der Waals surface area contributed by atoms with E-state index in [2.05, 4.69) is 9.72 Å². The fraction of sp³-hybridized carbons (Fsp3) is 0.286. The van der Waals surface area contributed by atoms with Crippen molar-refractivity contribution >= 4 is 42.3 Å². The fourth-order valence-electron chi connectivity index (χ4n) is 1.02. The van der Waals surface area contributed by atoms with Gasteiger partial charge in [-0.3, -0.25) is 4.98 Å². The first-order valence-corrected chi connectivity index (χ1v) is 7.26. The molecule has 0 radical (unpaired) electrons. The Labute approximate surface area is 113 Å². The topological polar surface area (TPSA) is 56.3 Å². The lowest BCUT2D eigenvalue weighted by molar-refractivity contribution is -0.275. The van der Waals surface area contributed by atoms with Crippen molar-refractivity contribution in [3.8, 4) is 5.75 Å². The van der Waals surface area contributed by atoms with E-state index in [0.717, 1.165) is 6.20 Å². The number of halogens is 5. The summed E-state index contributed by atoms with van der Waals surface area (Å²) in [4.78, 5) is 3.01. The molecule has 0 aliphatic heterocycles. The fourth-order valence-corrected chi connectivity index (χ4v) is 4.21. The molecule has 0 fully saturated rings. The molecule has 1 aromatic heterocycles. The Hall–Kier alpha value is -0.290. The summed E-state index contributed by atoms with van der Waals surface area (Å²) in [6.07, 6.45) is -4.14. The van der Waals surface area contributed by atoms with Gasteiger partial charge >= 0.3 is 6.36 Å². The minimum absolute atomic E-state index is 0.000996. The van der Waals surface area contributed by atoms with Crippen LogP contribution in [-0.2, 0) is 9.05 Å². The average Bonchev–Trinajstić information content (AvgIpc) is 2.06. The molecule has 0 aliphatic carbocycles. The summed E-state index contributed by atoms with van der Waals surface area (Å²) in [5, 5.41) is 0. The summed E-state index contributed by atoms with van der Waals surface area (Å²) in [6.45, 7) is 1.31. The van der Waals surface area contributed by atoms with E-state index in [4.69, 9.17) is 10.7 Å². The van der Waals surface area contributed by atoms with Crippen LogP contribution in [0.5, 0.6) is 5.75 Å². The molecule has 0 amide bonds. The smallest absolute Gasteiger partial charge is 0.403 e. The van der Waals surface area contributed by atoms with Crippen molar-refractivity contribution < 1.29 is 26.3 Å². The summed E-state index contributed by atoms with van der Waals surface area (Å²) in [7, 11) is 0.916. The van der Waals surface area contributed by atoms with E-state index in [9.17, 15) is 21.6 Å². The molecule has 0 spiro atoms. The van der Waals surface area contributed by atoms with E-state index >= 15 is 0 Å². The molecule has 0 aliphatic rings. The molecule has 0 aromatic carbocycles. The quantitative estimate of drug-likeness (QED) is 0.565. The largest absolute Gasteiger partial charge is 0.573 e. The molecular weight excluding hydrogens is 397 g/mol. The Balaban J connectivity index is 3.40. The first-order chi connectivity index (χ1) is 7.52. The number of alkyl halides is 3. The third-order valence-corrected chi connectivity index (χ3v) is 4.48. The van der Waals surface area contributed by atoms with E-state index in [-0.39, 0.29) is 9.26 Å². The van der Waals surface area contributed by atoms with Crippen LogP contribution >= 0.6 is 33.3 Å². The second-order valence-corrected chi connectivity index (χ2v) is 6.42. The standard InChI is InChI=1S/C7H4ClF3INO3S/c1-3-6(17(8,14)15)5(12)4(2-13-3)16-7(9,10)11/h2H,1H3. The van der Waals surface area contributed by atoms with E-state index in [1.165, 1.54) is 29.5 Å². The number of aromatic nitrogens is 1. The molecule has 0 saturated heterocycles. The highest BCUT2D eigenvalue weighted by molar-refractivity contribution is 14.1. The summed E-state index contributed by atoms with van der Waals surface area (Å²) < 4.78 is 61.8. The second-order valence-electron chi connectivity index (χ2n) is 2.84. The Bertz CT molecular complexity index is 546.